The van der Waals surface area contributed by atoms with E-state index in [2.05, 4.69) is 21.4 Å². The Hall–Kier alpha value is -4.30. The Morgan fingerprint density at radius 2 is 1.92 bits per heavy atom. The maximum atomic E-state index is 17.1. The van der Waals surface area contributed by atoms with Gasteiger partial charge in [-0.3, -0.25) is 9.88 Å². The molecule has 5 heterocycles. The van der Waals surface area contributed by atoms with Gasteiger partial charge in [-0.1, -0.05) is 12.2 Å². The zero-order valence-corrected chi connectivity index (χ0v) is 26.2. The van der Waals surface area contributed by atoms with Crippen LogP contribution in [0.3, 0.4) is 0 Å². The first-order valence-corrected chi connectivity index (χ1v) is 16.2. The second-order valence-electron chi connectivity index (χ2n) is 13.9. The number of methoxy groups -OCH3 is 1. The van der Waals surface area contributed by atoms with Crippen LogP contribution in [0, 0.1) is 34.6 Å². The van der Waals surface area contributed by atoms with Crippen molar-refractivity contribution in [1.29, 1.82) is 0 Å². The summed E-state index contributed by atoms with van der Waals surface area (Å²) in [5, 5.41) is -1.18. The lowest BCUT2D eigenvalue weighted by molar-refractivity contribution is 0.0649. The lowest BCUT2D eigenvalue weighted by Gasteiger charge is -2.37. The Morgan fingerprint density at radius 1 is 1.08 bits per heavy atom. The van der Waals surface area contributed by atoms with Crippen molar-refractivity contribution in [2.24, 2.45) is 11.3 Å². The maximum Gasteiger partial charge on any atom is 0.319 e. The molecule has 49 heavy (non-hydrogen) atoms. The summed E-state index contributed by atoms with van der Waals surface area (Å²) >= 11 is 0. The van der Waals surface area contributed by atoms with Crippen molar-refractivity contribution in [2.45, 2.75) is 43.4 Å². The molecule has 2 N–H and O–H groups in total. The first-order chi connectivity index (χ1) is 24.7. The Bertz CT molecular complexity index is 2210. The van der Waals surface area contributed by atoms with Crippen molar-refractivity contribution < 1.29 is 40.3 Å². The Labute approximate surface area is 282 Å². The summed E-state index contributed by atoms with van der Waals surface area (Å²) in [6.07, 6.45) is 3.89. The minimum Gasteiger partial charge on any atom is -0.493 e. The quantitative estimate of drug-likeness (QED) is 0.118. The summed E-state index contributed by atoms with van der Waals surface area (Å²) in [7, 11) is -3.30. The predicted octanol–water partition coefficient (Wildman–Crippen LogP) is 5.73. The fraction of sp³-hybridized carbons (Fsp3) is 0.457. The minimum absolute atomic E-state index is 0.0755. The van der Waals surface area contributed by atoms with Gasteiger partial charge in [0.05, 0.1) is 41.3 Å². The van der Waals surface area contributed by atoms with Gasteiger partial charge in [-0.2, -0.15) is 14.4 Å². The highest BCUT2D eigenvalue weighted by molar-refractivity contribution is 6.04. The van der Waals surface area contributed by atoms with Crippen LogP contribution in [-0.4, -0.2) is 84.1 Å². The van der Waals surface area contributed by atoms with Crippen LogP contribution in [0.4, 0.5) is 33.5 Å². The molecule has 0 bridgehead atoms. The van der Waals surface area contributed by atoms with Gasteiger partial charge in [-0.15, -0.1) is 0 Å². The molecule has 3 aliphatic heterocycles. The Balaban J connectivity index is 1.23. The first kappa shape index (κ1) is 27.5. The fourth-order valence-electron chi connectivity index (χ4n) is 8.71. The van der Waals surface area contributed by atoms with E-state index in [1.807, 2.05) is 0 Å². The highest BCUT2D eigenvalue weighted by atomic mass is 19.2. The van der Waals surface area contributed by atoms with Crippen LogP contribution in [0.5, 0.6) is 11.8 Å². The molecule has 0 unspecified atom stereocenters. The molecule has 256 valence electrons. The summed E-state index contributed by atoms with van der Waals surface area (Å²) < 4.78 is 117. The summed E-state index contributed by atoms with van der Waals surface area (Å²) in [5.74, 6) is -8.15. The second-order valence-corrected chi connectivity index (χ2v) is 13.9. The smallest absolute Gasteiger partial charge is 0.319 e. The molecule has 2 saturated carbocycles. The van der Waals surface area contributed by atoms with Crippen LogP contribution in [-0.2, 0) is 4.74 Å². The van der Waals surface area contributed by atoms with E-state index in [4.69, 9.17) is 29.0 Å². The molecule has 2 aliphatic carbocycles. The SMILES string of the molecule is [2H]C([2H])([2H])Oc1c(F)c(F)c(F)c2cc(N)cc(-c3ncc4c(N5CCOC[C@H]6[C@H](F)[C@H]65)nc(OC[C@@]56CC(=C)CN5CCC65CC5)nc4c3F)c12. The number of nitrogens with two attached hydrogens (primary N) is 1. The second kappa shape index (κ2) is 10.6. The molecule has 2 aromatic carbocycles. The number of nitrogens with zero attached hydrogens (tertiary/aromatic N) is 5. The van der Waals surface area contributed by atoms with Gasteiger partial charge in [0.15, 0.2) is 23.2 Å². The third-order valence-electron chi connectivity index (χ3n) is 11.4. The van der Waals surface area contributed by atoms with E-state index in [1.54, 1.807) is 4.90 Å². The number of benzene rings is 2. The largest absolute Gasteiger partial charge is 0.493 e. The van der Waals surface area contributed by atoms with Crippen molar-refractivity contribution in [2.75, 3.05) is 57.1 Å². The molecule has 5 fully saturated rings. The highest BCUT2D eigenvalue weighted by Gasteiger charge is 2.67. The van der Waals surface area contributed by atoms with Gasteiger partial charge in [0.25, 0.3) is 0 Å². The van der Waals surface area contributed by atoms with Gasteiger partial charge in [0.2, 0.25) is 5.82 Å². The normalized spacial score (nSPS) is 28.3. The van der Waals surface area contributed by atoms with E-state index in [1.165, 1.54) is 6.20 Å². The maximum absolute atomic E-state index is 17.1. The number of ether oxygens (including phenoxy) is 3. The highest BCUT2D eigenvalue weighted by Crippen LogP contribution is 2.66. The topological polar surface area (TPSA) is 98.9 Å². The fourth-order valence-corrected chi connectivity index (χ4v) is 8.71. The van der Waals surface area contributed by atoms with Gasteiger partial charge in [-0.05, 0) is 49.8 Å². The summed E-state index contributed by atoms with van der Waals surface area (Å²) in [5.41, 5.74) is 5.46. The third-order valence-corrected chi connectivity index (χ3v) is 11.4. The number of aromatic nitrogens is 3. The standard InChI is InChI=1S/C35H33F5N6O3/c1-16-11-35(34(3-4-34)5-6-45(35)13-16)15-49-33-43-29-20(32(44-33)46-7-8-48-14-21-24(37)30(21)46)12-42-28(27(29)40)19-10-17(41)9-18-22(19)31(47-2)26(39)25(38)23(18)36/h9-10,12,21,24,30H,1,3-8,11,13-15,41H2,2H3/t21-,24-,30-,35+/m0/s1/i2D3. The lowest BCUT2D eigenvalue weighted by Crippen LogP contribution is -2.49. The van der Waals surface area contributed by atoms with Crippen LogP contribution in [0.15, 0.2) is 30.5 Å². The molecule has 4 aromatic rings. The number of alkyl halides is 1. The number of hydrogen-bond acceptors (Lipinski definition) is 9. The molecule has 14 heteroatoms. The van der Waals surface area contributed by atoms with Crippen molar-refractivity contribution >= 4 is 33.2 Å². The zero-order chi connectivity index (χ0) is 36.5. The van der Waals surface area contributed by atoms with Crippen LogP contribution in [0.25, 0.3) is 32.9 Å². The molecule has 1 spiro atoms. The van der Waals surface area contributed by atoms with Crippen LogP contribution < -0.4 is 20.1 Å². The lowest BCUT2D eigenvalue weighted by atomic mass is 9.80. The van der Waals surface area contributed by atoms with E-state index in [0.717, 1.165) is 56.5 Å². The van der Waals surface area contributed by atoms with Crippen LogP contribution in [0.1, 0.15) is 29.8 Å². The van der Waals surface area contributed by atoms with Crippen LogP contribution >= 0.6 is 0 Å². The predicted molar refractivity (Wildman–Crippen MR) is 171 cm³/mol. The van der Waals surface area contributed by atoms with Gasteiger partial charge in [0.1, 0.15) is 29.8 Å². The van der Waals surface area contributed by atoms with E-state index in [9.17, 15) is 4.39 Å². The molecule has 2 aromatic heterocycles. The zero-order valence-electron chi connectivity index (χ0n) is 29.2. The van der Waals surface area contributed by atoms with Crippen molar-refractivity contribution in [3.63, 3.8) is 0 Å². The summed E-state index contributed by atoms with van der Waals surface area (Å²) in [6, 6.07) is 1.30. The minimum atomic E-state index is -3.30. The van der Waals surface area contributed by atoms with Gasteiger partial charge in [-0.25, -0.2) is 17.6 Å². The molecular formula is C35H33F5N6O3. The number of hydrogen-bond donors (Lipinski definition) is 1. The Morgan fingerprint density at radius 3 is 2.71 bits per heavy atom. The number of nitrogen functional groups attached to an aromatic ring is 1. The van der Waals surface area contributed by atoms with E-state index >= 15 is 17.6 Å². The van der Waals surface area contributed by atoms with E-state index < -0.39 is 70.7 Å². The third kappa shape index (κ3) is 4.32. The first-order valence-electron chi connectivity index (χ1n) is 17.7. The molecule has 5 aliphatic rings. The average Bonchev–Trinajstić information content (AvgIpc) is 3.97. The molecule has 9 rings (SSSR count). The van der Waals surface area contributed by atoms with E-state index in [-0.39, 0.29) is 71.3 Å². The van der Waals surface area contributed by atoms with Gasteiger partial charge >= 0.3 is 6.01 Å². The number of fused-ring (bicyclic) bond motifs is 5. The number of anilines is 2. The van der Waals surface area contributed by atoms with Crippen LogP contribution in [0.2, 0.25) is 0 Å². The average molecular weight is 684 g/mol. The monoisotopic (exact) mass is 683 g/mol. The van der Waals surface area contributed by atoms with Crippen molar-refractivity contribution in [1.82, 2.24) is 19.9 Å². The van der Waals surface area contributed by atoms with Gasteiger partial charge < -0.3 is 24.8 Å². The summed E-state index contributed by atoms with van der Waals surface area (Å²) in [4.78, 5) is 17.6. The molecule has 3 saturated heterocycles. The van der Waals surface area contributed by atoms with Crippen molar-refractivity contribution in [3.8, 4) is 23.0 Å². The molecule has 0 amide bonds. The Kier molecular flexibility index (Phi) is 5.95. The molecule has 0 radical (unpaired) electrons. The van der Waals surface area contributed by atoms with Gasteiger partial charge in [0, 0.05) is 47.2 Å². The number of rotatable bonds is 6. The number of pyridine rings is 1. The molecule has 9 nitrogen and oxygen atoms in total. The van der Waals surface area contributed by atoms with Crippen molar-refractivity contribution in [3.05, 3.63) is 53.8 Å². The van der Waals surface area contributed by atoms with E-state index in [0.29, 0.717) is 0 Å². The molecule has 4 atom stereocenters. The molecular weight excluding hydrogens is 647 g/mol. The summed E-state index contributed by atoms with van der Waals surface area (Å²) in [6.45, 7) is 6.80. The number of halogens is 5.